The van der Waals surface area contributed by atoms with Crippen LogP contribution in [0.4, 0.5) is 0 Å². The van der Waals surface area contributed by atoms with Crippen molar-refractivity contribution in [2.75, 3.05) is 13.1 Å². The first-order chi connectivity index (χ1) is 14.1. The molecule has 2 amide bonds. The van der Waals surface area contributed by atoms with Crippen LogP contribution < -0.4 is 10.6 Å². The van der Waals surface area contributed by atoms with Gasteiger partial charge in [0.05, 0.1) is 0 Å². The van der Waals surface area contributed by atoms with Crippen molar-refractivity contribution < 1.29 is 9.59 Å². The Kier molecular flexibility index (Phi) is 12.0. The Morgan fingerprint density at radius 3 is 1.30 bits per heavy atom. The van der Waals surface area contributed by atoms with E-state index in [-0.39, 0.29) is 23.7 Å². The molecule has 4 heteroatoms. The topological polar surface area (TPSA) is 58.2 Å². The molecule has 0 aromatic carbocycles. The summed E-state index contributed by atoms with van der Waals surface area (Å²) in [6.45, 7) is 19.0. The second-order valence-electron chi connectivity index (χ2n) is 10.7. The fourth-order valence-corrected chi connectivity index (χ4v) is 5.62. The second kappa shape index (κ2) is 13.4. The summed E-state index contributed by atoms with van der Waals surface area (Å²) in [5.41, 5.74) is 0. The summed E-state index contributed by atoms with van der Waals surface area (Å²) in [6.07, 6.45) is 7.18. The summed E-state index contributed by atoms with van der Waals surface area (Å²) in [6, 6.07) is 0. The Hall–Kier alpha value is -1.06. The van der Waals surface area contributed by atoms with Crippen molar-refractivity contribution in [1.82, 2.24) is 10.6 Å². The van der Waals surface area contributed by atoms with E-state index in [1.807, 2.05) is 13.8 Å². The maximum Gasteiger partial charge on any atom is 0.223 e. The molecule has 0 saturated heterocycles. The van der Waals surface area contributed by atoms with Gasteiger partial charge in [0.25, 0.3) is 0 Å². The van der Waals surface area contributed by atoms with Crippen LogP contribution in [0.2, 0.25) is 0 Å². The molecule has 0 bridgehead atoms. The summed E-state index contributed by atoms with van der Waals surface area (Å²) in [7, 11) is 0. The van der Waals surface area contributed by atoms with Crippen molar-refractivity contribution in [2.24, 2.45) is 47.3 Å². The molecule has 2 N–H and O–H groups in total. The van der Waals surface area contributed by atoms with E-state index >= 15 is 0 Å². The van der Waals surface area contributed by atoms with Crippen molar-refractivity contribution in [3.8, 4) is 0 Å². The van der Waals surface area contributed by atoms with Crippen LogP contribution in [0.15, 0.2) is 0 Å². The molecule has 6 unspecified atom stereocenters. The van der Waals surface area contributed by atoms with Crippen LogP contribution in [0, 0.1) is 47.3 Å². The monoisotopic (exact) mass is 422 g/mol. The standard InChI is InChI=1S/2C13H25NO/c2*1-5-14-13(15)12-8-10(4)6-7-11(12)9(2)3/h2*9-12H,5-8H2,1-4H3,(H,14,15). The van der Waals surface area contributed by atoms with Gasteiger partial charge in [-0.05, 0) is 75.0 Å². The SMILES string of the molecule is CCNC(=O)C1CC(C)CCC1C(C)C.CCNC(=O)C1CC(C)CCC1C(C)C. The highest BCUT2D eigenvalue weighted by molar-refractivity contribution is 5.79. The van der Waals surface area contributed by atoms with Gasteiger partial charge in [0.15, 0.2) is 0 Å². The van der Waals surface area contributed by atoms with Crippen LogP contribution in [-0.4, -0.2) is 24.9 Å². The van der Waals surface area contributed by atoms with Crippen molar-refractivity contribution in [2.45, 2.75) is 93.9 Å². The fourth-order valence-electron chi connectivity index (χ4n) is 5.62. The first kappa shape index (κ1) is 27.0. The van der Waals surface area contributed by atoms with Crippen LogP contribution in [0.25, 0.3) is 0 Å². The molecule has 2 aliphatic carbocycles. The van der Waals surface area contributed by atoms with Gasteiger partial charge in [0.1, 0.15) is 0 Å². The molecule has 0 heterocycles. The highest BCUT2D eigenvalue weighted by Gasteiger charge is 2.35. The zero-order valence-corrected chi connectivity index (χ0v) is 21.1. The highest BCUT2D eigenvalue weighted by Crippen LogP contribution is 2.39. The average Bonchev–Trinajstić information content (AvgIpc) is 2.68. The Bertz CT molecular complexity index is 471. The number of hydrogen-bond acceptors (Lipinski definition) is 2. The molecule has 0 aliphatic heterocycles. The summed E-state index contributed by atoms with van der Waals surface area (Å²) in [5, 5.41) is 5.96. The minimum Gasteiger partial charge on any atom is -0.356 e. The van der Waals surface area contributed by atoms with Gasteiger partial charge < -0.3 is 10.6 Å². The van der Waals surface area contributed by atoms with E-state index in [9.17, 15) is 9.59 Å². The third-order valence-corrected chi connectivity index (χ3v) is 7.42. The maximum absolute atomic E-state index is 11.9. The predicted molar refractivity (Wildman–Crippen MR) is 127 cm³/mol. The third-order valence-electron chi connectivity index (χ3n) is 7.42. The number of amides is 2. The molecule has 0 spiro atoms. The largest absolute Gasteiger partial charge is 0.356 e. The molecule has 2 aliphatic rings. The molecule has 176 valence electrons. The molecule has 2 saturated carbocycles. The van der Waals surface area contributed by atoms with Gasteiger partial charge in [-0.2, -0.15) is 0 Å². The normalized spacial score (nSPS) is 31.7. The lowest BCUT2D eigenvalue weighted by Gasteiger charge is -2.36. The Morgan fingerprint density at radius 2 is 1.03 bits per heavy atom. The van der Waals surface area contributed by atoms with Crippen molar-refractivity contribution in [3.05, 3.63) is 0 Å². The van der Waals surface area contributed by atoms with Crippen LogP contribution in [-0.2, 0) is 9.59 Å². The number of carbonyl (C=O) groups excluding carboxylic acids is 2. The zero-order chi connectivity index (χ0) is 22.8. The molecule has 30 heavy (non-hydrogen) atoms. The second-order valence-corrected chi connectivity index (χ2v) is 10.7. The molecule has 4 nitrogen and oxygen atoms in total. The van der Waals surface area contributed by atoms with Gasteiger partial charge in [-0.1, -0.05) is 54.4 Å². The molecular formula is C26H50N2O2. The van der Waals surface area contributed by atoms with Crippen molar-refractivity contribution >= 4 is 11.8 Å². The summed E-state index contributed by atoms with van der Waals surface area (Å²) >= 11 is 0. The van der Waals surface area contributed by atoms with Crippen LogP contribution >= 0.6 is 0 Å². The molecule has 0 aromatic heterocycles. The van der Waals surface area contributed by atoms with E-state index in [0.29, 0.717) is 35.5 Å². The van der Waals surface area contributed by atoms with Crippen LogP contribution in [0.1, 0.15) is 93.9 Å². The van der Waals surface area contributed by atoms with Crippen molar-refractivity contribution in [3.63, 3.8) is 0 Å². The van der Waals surface area contributed by atoms with Crippen LogP contribution in [0.3, 0.4) is 0 Å². The first-order valence-electron chi connectivity index (χ1n) is 12.7. The summed E-state index contributed by atoms with van der Waals surface area (Å²) in [4.78, 5) is 23.9. The number of nitrogens with one attached hydrogen (secondary N) is 2. The highest BCUT2D eigenvalue weighted by atomic mass is 16.2. The Morgan fingerprint density at radius 1 is 0.700 bits per heavy atom. The van der Waals surface area contributed by atoms with Gasteiger partial charge in [-0.15, -0.1) is 0 Å². The van der Waals surface area contributed by atoms with E-state index in [4.69, 9.17) is 0 Å². The van der Waals surface area contributed by atoms with Gasteiger partial charge >= 0.3 is 0 Å². The molecule has 0 aromatic rings. The minimum absolute atomic E-state index is 0.258. The number of rotatable bonds is 6. The van der Waals surface area contributed by atoms with E-state index in [0.717, 1.165) is 25.9 Å². The third kappa shape index (κ3) is 8.23. The average molecular weight is 423 g/mol. The van der Waals surface area contributed by atoms with Gasteiger partial charge in [0.2, 0.25) is 11.8 Å². The molecule has 6 atom stereocenters. The summed E-state index contributed by atoms with van der Waals surface area (Å²) < 4.78 is 0. The molecule has 0 radical (unpaired) electrons. The lowest BCUT2D eigenvalue weighted by atomic mass is 9.70. The van der Waals surface area contributed by atoms with Crippen LogP contribution in [0.5, 0.6) is 0 Å². The minimum atomic E-state index is 0.258. The van der Waals surface area contributed by atoms with Crippen molar-refractivity contribution in [1.29, 1.82) is 0 Å². The zero-order valence-electron chi connectivity index (χ0n) is 21.1. The lowest BCUT2D eigenvalue weighted by Crippen LogP contribution is -2.40. The Balaban J connectivity index is 0.000000300. The molecule has 2 rings (SSSR count). The van der Waals surface area contributed by atoms with E-state index in [1.165, 1.54) is 25.7 Å². The molecule has 2 fully saturated rings. The lowest BCUT2D eigenvalue weighted by molar-refractivity contribution is -0.129. The van der Waals surface area contributed by atoms with E-state index in [1.54, 1.807) is 0 Å². The smallest absolute Gasteiger partial charge is 0.223 e. The van der Waals surface area contributed by atoms with Gasteiger partial charge in [-0.3, -0.25) is 9.59 Å². The van der Waals surface area contributed by atoms with Gasteiger partial charge in [0, 0.05) is 24.9 Å². The van der Waals surface area contributed by atoms with E-state index in [2.05, 4.69) is 52.2 Å². The van der Waals surface area contributed by atoms with Gasteiger partial charge in [-0.25, -0.2) is 0 Å². The Labute approximate surface area is 186 Å². The number of carbonyl (C=O) groups is 2. The first-order valence-corrected chi connectivity index (χ1v) is 12.7. The van der Waals surface area contributed by atoms with E-state index < -0.39 is 0 Å². The summed E-state index contributed by atoms with van der Waals surface area (Å²) in [5.74, 6) is 4.95. The molecular weight excluding hydrogens is 372 g/mol. The number of hydrogen-bond donors (Lipinski definition) is 2. The maximum atomic E-state index is 11.9. The quantitative estimate of drug-likeness (QED) is 0.580. The predicted octanol–water partition coefficient (Wildman–Crippen LogP) is 5.66. The fraction of sp³-hybridized carbons (Fsp3) is 0.923.